The Morgan fingerprint density at radius 3 is 2.62 bits per heavy atom. The van der Waals surface area contributed by atoms with Gasteiger partial charge in [0.05, 0.1) is 15.5 Å². The first-order chi connectivity index (χ1) is 13.8. The summed E-state index contributed by atoms with van der Waals surface area (Å²) in [6, 6.07) is 5.22. The Morgan fingerprint density at radius 1 is 1.28 bits per heavy atom. The number of unbranched alkanes of at least 4 members (excludes halogenated alkanes) is 3. The first-order valence-corrected chi connectivity index (χ1v) is 9.66. The van der Waals surface area contributed by atoms with Crippen molar-refractivity contribution >= 4 is 34.9 Å². The van der Waals surface area contributed by atoms with Crippen LogP contribution >= 0.6 is 11.6 Å². The maximum absolute atomic E-state index is 13.0. The summed E-state index contributed by atoms with van der Waals surface area (Å²) in [5.41, 5.74) is -0.0990. The van der Waals surface area contributed by atoms with E-state index in [2.05, 4.69) is 17.4 Å². The van der Waals surface area contributed by atoms with Crippen molar-refractivity contribution in [3.63, 3.8) is 0 Å². The zero-order chi connectivity index (χ0) is 21.4. The third-order valence-corrected chi connectivity index (χ3v) is 4.51. The maximum atomic E-state index is 13.0. The summed E-state index contributed by atoms with van der Waals surface area (Å²) < 4.78 is 4.91. The molecule has 1 aromatic heterocycles. The molecule has 0 radical (unpaired) electrons. The van der Waals surface area contributed by atoms with Crippen LogP contribution in [0.2, 0.25) is 5.02 Å². The van der Waals surface area contributed by atoms with Crippen molar-refractivity contribution in [2.24, 2.45) is 0 Å². The Morgan fingerprint density at radius 2 is 2.03 bits per heavy atom. The van der Waals surface area contributed by atoms with Gasteiger partial charge < -0.3 is 14.7 Å². The molecule has 0 bridgehead atoms. The molecule has 0 spiro atoms. The van der Waals surface area contributed by atoms with Crippen LogP contribution in [-0.2, 0) is 4.79 Å². The largest absolute Gasteiger partial charge is 0.360 e. The maximum Gasteiger partial charge on any atom is 0.270 e. The number of aryl methyl sites for hydroxylation is 1. The van der Waals surface area contributed by atoms with Crippen LogP contribution in [0.3, 0.4) is 0 Å². The quantitative estimate of drug-likeness (QED) is 0.348. The van der Waals surface area contributed by atoms with Gasteiger partial charge in [-0.25, -0.2) is 0 Å². The van der Waals surface area contributed by atoms with Gasteiger partial charge in [-0.15, -0.1) is 0 Å². The fraction of sp³-hybridized carbons (Fsp3) is 0.421. The highest BCUT2D eigenvalue weighted by Gasteiger charge is 2.23. The zero-order valence-electron chi connectivity index (χ0n) is 16.3. The summed E-state index contributed by atoms with van der Waals surface area (Å²) in [4.78, 5) is 37.0. The standard InChI is InChI=1S/C19H23ClN4O5/c1-3-4-5-6-9-23(12-18(25)21-17-10-13(2)29-22-17)19(26)15-8-7-14(24(27)28)11-16(15)20/h7-8,10-11H,3-6,9,12H2,1-2H3,(H,21,22,25). The molecule has 2 rings (SSSR count). The Balaban J connectivity index is 2.14. The highest BCUT2D eigenvalue weighted by atomic mass is 35.5. The summed E-state index contributed by atoms with van der Waals surface area (Å²) in [5, 5.41) is 17.1. The van der Waals surface area contributed by atoms with Crippen LogP contribution in [0.25, 0.3) is 0 Å². The smallest absolute Gasteiger partial charge is 0.270 e. The van der Waals surface area contributed by atoms with Gasteiger partial charge in [-0.2, -0.15) is 0 Å². The highest BCUT2D eigenvalue weighted by molar-refractivity contribution is 6.34. The number of halogens is 1. The minimum absolute atomic E-state index is 0.0321. The fourth-order valence-electron chi connectivity index (χ4n) is 2.72. The minimum Gasteiger partial charge on any atom is -0.360 e. The number of nitro benzene ring substituents is 1. The monoisotopic (exact) mass is 422 g/mol. The van der Waals surface area contributed by atoms with Gasteiger partial charge in [-0.3, -0.25) is 19.7 Å². The van der Waals surface area contributed by atoms with E-state index in [9.17, 15) is 19.7 Å². The second-order valence-electron chi connectivity index (χ2n) is 6.58. The van der Waals surface area contributed by atoms with Gasteiger partial charge in [0.2, 0.25) is 5.91 Å². The number of carbonyl (C=O) groups excluding carboxylic acids is 2. The van der Waals surface area contributed by atoms with Crippen molar-refractivity contribution < 1.29 is 19.0 Å². The van der Waals surface area contributed by atoms with Crippen molar-refractivity contribution in [3.8, 4) is 0 Å². The van der Waals surface area contributed by atoms with Crippen molar-refractivity contribution in [2.75, 3.05) is 18.4 Å². The zero-order valence-corrected chi connectivity index (χ0v) is 17.1. The van der Waals surface area contributed by atoms with Crippen molar-refractivity contribution in [1.29, 1.82) is 0 Å². The van der Waals surface area contributed by atoms with Gasteiger partial charge in [0.1, 0.15) is 12.3 Å². The van der Waals surface area contributed by atoms with Crippen LogP contribution < -0.4 is 5.32 Å². The predicted octanol–water partition coefficient (Wildman–Crippen LogP) is 4.21. The lowest BCUT2D eigenvalue weighted by Gasteiger charge is -2.22. The summed E-state index contributed by atoms with van der Waals surface area (Å²) in [7, 11) is 0. The number of hydrogen-bond acceptors (Lipinski definition) is 6. The van der Waals surface area contributed by atoms with E-state index in [1.54, 1.807) is 13.0 Å². The van der Waals surface area contributed by atoms with Crippen LogP contribution in [0.5, 0.6) is 0 Å². The van der Waals surface area contributed by atoms with E-state index in [-0.39, 0.29) is 28.6 Å². The van der Waals surface area contributed by atoms with Gasteiger partial charge in [-0.1, -0.05) is 42.9 Å². The Bertz CT molecular complexity index is 883. The molecule has 0 unspecified atom stereocenters. The average Bonchev–Trinajstić information content (AvgIpc) is 3.08. The lowest BCUT2D eigenvalue weighted by atomic mass is 10.1. The number of anilines is 1. The number of hydrogen-bond donors (Lipinski definition) is 1. The van der Waals surface area contributed by atoms with Gasteiger partial charge in [0, 0.05) is 24.7 Å². The molecule has 1 heterocycles. The molecular weight excluding hydrogens is 400 g/mol. The van der Waals surface area contributed by atoms with Gasteiger partial charge in [-0.05, 0) is 19.4 Å². The molecule has 9 nitrogen and oxygen atoms in total. The molecule has 0 aliphatic rings. The lowest BCUT2D eigenvalue weighted by Crippen LogP contribution is -2.39. The normalized spacial score (nSPS) is 10.6. The third-order valence-electron chi connectivity index (χ3n) is 4.19. The lowest BCUT2D eigenvalue weighted by molar-refractivity contribution is -0.384. The van der Waals surface area contributed by atoms with Crippen LogP contribution in [0.15, 0.2) is 28.8 Å². The molecule has 2 amide bonds. The van der Waals surface area contributed by atoms with E-state index < -0.39 is 16.7 Å². The number of nitrogens with zero attached hydrogens (tertiary/aromatic N) is 3. The molecule has 10 heteroatoms. The van der Waals surface area contributed by atoms with Gasteiger partial charge in [0.15, 0.2) is 5.82 Å². The summed E-state index contributed by atoms with van der Waals surface area (Å²) in [5.74, 6) is -0.0854. The Hall–Kier alpha value is -2.94. The molecule has 0 saturated carbocycles. The number of nitro groups is 1. The summed E-state index contributed by atoms with van der Waals surface area (Å²) >= 11 is 6.09. The molecule has 0 aliphatic carbocycles. The van der Waals surface area contributed by atoms with E-state index in [0.29, 0.717) is 12.3 Å². The number of amides is 2. The molecule has 29 heavy (non-hydrogen) atoms. The van der Waals surface area contributed by atoms with Gasteiger partial charge >= 0.3 is 0 Å². The van der Waals surface area contributed by atoms with Crippen molar-refractivity contribution in [3.05, 3.63) is 50.7 Å². The predicted molar refractivity (Wildman–Crippen MR) is 108 cm³/mol. The van der Waals surface area contributed by atoms with E-state index >= 15 is 0 Å². The fourth-order valence-corrected chi connectivity index (χ4v) is 2.98. The molecular formula is C19H23ClN4O5. The second kappa shape index (κ2) is 10.6. The molecule has 2 aromatic rings. The molecule has 0 fully saturated rings. The van der Waals surface area contributed by atoms with Crippen molar-refractivity contribution in [1.82, 2.24) is 10.1 Å². The number of benzene rings is 1. The van der Waals surface area contributed by atoms with Crippen LogP contribution in [0, 0.1) is 17.0 Å². The second-order valence-corrected chi connectivity index (χ2v) is 6.99. The number of non-ortho nitro benzene ring substituents is 1. The highest BCUT2D eigenvalue weighted by Crippen LogP contribution is 2.24. The molecule has 0 aliphatic heterocycles. The van der Waals surface area contributed by atoms with E-state index in [4.69, 9.17) is 16.1 Å². The molecule has 0 atom stereocenters. The topological polar surface area (TPSA) is 119 Å². The first-order valence-electron chi connectivity index (χ1n) is 9.28. The van der Waals surface area contributed by atoms with E-state index in [1.807, 2.05) is 0 Å². The third kappa shape index (κ3) is 6.56. The first kappa shape index (κ1) is 22.4. The van der Waals surface area contributed by atoms with E-state index in [1.165, 1.54) is 17.0 Å². The van der Waals surface area contributed by atoms with Crippen LogP contribution in [0.1, 0.15) is 48.7 Å². The van der Waals surface area contributed by atoms with Crippen LogP contribution in [0.4, 0.5) is 11.5 Å². The number of nitrogens with one attached hydrogen (secondary N) is 1. The average molecular weight is 423 g/mol. The Kier molecular flexibility index (Phi) is 8.14. The van der Waals surface area contributed by atoms with E-state index in [0.717, 1.165) is 31.7 Å². The SMILES string of the molecule is CCCCCCN(CC(=O)Nc1cc(C)on1)C(=O)c1ccc([N+](=O)[O-])cc1Cl. The van der Waals surface area contributed by atoms with Crippen LogP contribution in [-0.4, -0.2) is 39.9 Å². The molecule has 0 saturated heterocycles. The number of carbonyl (C=O) groups is 2. The number of rotatable bonds is 10. The minimum atomic E-state index is -0.587. The number of aromatic nitrogens is 1. The molecule has 1 aromatic carbocycles. The van der Waals surface area contributed by atoms with Crippen molar-refractivity contribution in [2.45, 2.75) is 39.5 Å². The van der Waals surface area contributed by atoms with Gasteiger partial charge in [0.25, 0.3) is 11.6 Å². The summed E-state index contributed by atoms with van der Waals surface area (Å²) in [6.07, 6.45) is 3.69. The summed E-state index contributed by atoms with van der Waals surface area (Å²) in [6.45, 7) is 3.93. The molecule has 156 valence electrons. The molecule has 1 N–H and O–H groups in total. The Labute approximate surface area is 173 Å².